The van der Waals surface area contributed by atoms with Crippen LogP contribution in [0.3, 0.4) is 0 Å². The van der Waals surface area contributed by atoms with Crippen LogP contribution in [-0.2, 0) is 11.2 Å². The van der Waals surface area contributed by atoms with Gasteiger partial charge in [0.15, 0.2) is 11.5 Å². The third-order valence-electron chi connectivity index (χ3n) is 3.12. The van der Waals surface area contributed by atoms with Gasteiger partial charge < -0.3 is 9.73 Å². The van der Waals surface area contributed by atoms with E-state index in [9.17, 15) is 18.8 Å². The van der Waals surface area contributed by atoms with E-state index in [0.29, 0.717) is 5.56 Å². The lowest BCUT2D eigenvalue weighted by atomic mass is 10.0. The topological polar surface area (TPSA) is 76.4 Å². The fraction of sp³-hybridized carbons (Fsp3) is 0.278. The molecule has 1 aromatic heterocycles. The molecule has 6 heteroatoms. The van der Waals surface area contributed by atoms with Crippen molar-refractivity contribution in [2.75, 3.05) is 0 Å². The molecular formula is C18H18FNO4. The molecule has 24 heavy (non-hydrogen) atoms. The SMILES string of the molecule is CC(C)(C)NC(=O)C(=O)c1cc(C(=O)Cc2ccc(F)cc2)co1. The molecule has 1 N–H and O–H groups in total. The number of benzene rings is 1. The highest BCUT2D eigenvalue weighted by Gasteiger charge is 2.25. The van der Waals surface area contributed by atoms with Crippen molar-refractivity contribution in [1.29, 1.82) is 0 Å². The van der Waals surface area contributed by atoms with Crippen molar-refractivity contribution in [1.82, 2.24) is 5.32 Å². The summed E-state index contributed by atoms with van der Waals surface area (Å²) in [6, 6.07) is 6.80. The van der Waals surface area contributed by atoms with Crippen LogP contribution in [0.2, 0.25) is 0 Å². The molecule has 0 saturated carbocycles. The lowest BCUT2D eigenvalue weighted by Crippen LogP contribution is -2.44. The van der Waals surface area contributed by atoms with Crippen LogP contribution >= 0.6 is 0 Å². The van der Waals surface area contributed by atoms with Gasteiger partial charge in [-0.25, -0.2) is 4.39 Å². The van der Waals surface area contributed by atoms with E-state index in [4.69, 9.17) is 4.42 Å². The molecule has 1 amide bonds. The quantitative estimate of drug-likeness (QED) is 0.675. The zero-order valence-corrected chi connectivity index (χ0v) is 13.7. The van der Waals surface area contributed by atoms with Crippen molar-refractivity contribution in [3.8, 4) is 0 Å². The number of ketones is 2. The second kappa shape index (κ2) is 6.78. The minimum Gasteiger partial charge on any atom is -0.460 e. The molecule has 5 nitrogen and oxygen atoms in total. The molecule has 0 aliphatic carbocycles. The molecular weight excluding hydrogens is 313 g/mol. The fourth-order valence-electron chi connectivity index (χ4n) is 2.00. The predicted octanol–water partition coefficient (Wildman–Crippen LogP) is 2.94. The van der Waals surface area contributed by atoms with Crippen LogP contribution in [-0.4, -0.2) is 23.0 Å². The van der Waals surface area contributed by atoms with Crippen LogP contribution < -0.4 is 5.32 Å². The van der Waals surface area contributed by atoms with Crippen LogP contribution in [0.5, 0.6) is 0 Å². The molecule has 0 spiro atoms. The Morgan fingerprint density at radius 2 is 1.75 bits per heavy atom. The maximum absolute atomic E-state index is 12.9. The van der Waals surface area contributed by atoms with Crippen molar-refractivity contribution in [2.24, 2.45) is 0 Å². The second-order valence-corrected chi connectivity index (χ2v) is 6.46. The lowest BCUT2D eigenvalue weighted by Gasteiger charge is -2.19. The molecule has 0 aliphatic rings. The number of rotatable bonds is 5. The van der Waals surface area contributed by atoms with E-state index >= 15 is 0 Å². The lowest BCUT2D eigenvalue weighted by molar-refractivity contribution is -0.118. The maximum Gasteiger partial charge on any atom is 0.296 e. The van der Waals surface area contributed by atoms with Crippen molar-refractivity contribution in [3.63, 3.8) is 0 Å². The number of hydrogen-bond acceptors (Lipinski definition) is 4. The summed E-state index contributed by atoms with van der Waals surface area (Å²) in [5.41, 5.74) is 0.271. The molecule has 0 saturated heterocycles. The van der Waals surface area contributed by atoms with Crippen molar-refractivity contribution < 1.29 is 23.2 Å². The first kappa shape index (κ1) is 17.6. The van der Waals surface area contributed by atoms with Gasteiger partial charge in [-0.05, 0) is 44.5 Å². The molecule has 0 atom stereocenters. The van der Waals surface area contributed by atoms with E-state index in [0.717, 1.165) is 6.26 Å². The Labute approximate surface area is 138 Å². The highest BCUT2D eigenvalue weighted by atomic mass is 19.1. The average molecular weight is 331 g/mol. The summed E-state index contributed by atoms with van der Waals surface area (Å²) in [6.45, 7) is 5.24. The molecule has 0 bridgehead atoms. The number of amides is 1. The van der Waals surface area contributed by atoms with Crippen LogP contribution in [0.25, 0.3) is 0 Å². The predicted molar refractivity (Wildman–Crippen MR) is 85.4 cm³/mol. The number of hydrogen-bond donors (Lipinski definition) is 1. The molecule has 1 aromatic carbocycles. The molecule has 126 valence electrons. The van der Waals surface area contributed by atoms with E-state index in [-0.39, 0.29) is 29.3 Å². The summed E-state index contributed by atoms with van der Waals surface area (Å²) in [4.78, 5) is 36.0. The van der Waals surface area contributed by atoms with Gasteiger partial charge in [0.1, 0.15) is 12.1 Å². The third-order valence-corrected chi connectivity index (χ3v) is 3.12. The van der Waals surface area contributed by atoms with Gasteiger partial charge in [-0.3, -0.25) is 14.4 Å². The van der Waals surface area contributed by atoms with Crippen LogP contribution in [0.4, 0.5) is 4.39 Å². The number of furan rings is 1. The summed E-state index contributed by atoms with van der Waals surface area (Å²) >= 11 is 0. The van der Waals surface area contributed by atoms with Gasteiger partial charge in [0.05, 0.1) is 5.56 Å². The summed E-state index contributed by atoms with van der Waals surface area (Å²) < 4.78 is 17.9. The minimum absolute atomic E-state index is 0.0433. The molecule has 1 heterocycles. The molecule has 2 rings (SSSR count). The molecule has 0 fully saturated rings. The van der Waals surface area contributed by atoms with Gasteiger partial charge in [-0.15, -0.1) is 0 Å². The number of nitrogens with one attached hydrogen (secondary N) is 1. The molecule has 0 aliphatic heterocycles. The standard InChI is InChI=1S/C18H18FNO4/c1-18(2,3)20-17(23)16(22)15-9-12(10-24-15)14(21)8-11-4-6-13(19)7-5-11/h4-7,9-10H,8H2,1-3H3,(H,20,23). The Morgan fingerprint density at radius 1 is 1.12 bits per heavy atom. The highest BCUT2D eigenvalue weighted by molar-refractivity contribution is 6.42. The van der Waals surface area contributed by atoms with E-state index in [1.807, 2.05) is 0 Å². The monoisotopic (exact) mass is 331 g/mol. The molecule has 2 aromatic rings. The van der Waals surface area contributed by atoms with E-state index < -0.39 is 17.2 Å². The summed E-state index contributed by atoms with van der Waals surface area (Å²) in [7, 11) is 0. The first-order chi connectivity index (χ1) is 11.2. The first-order valence-corrected chi connectivity index (χ1v) is 7.39. The van der Waals surface area contributed by atoms with Crippen molar-refractivity contribution in [3.05, 3.63) is 59.3 Å². The Bertz CT molecular complexity index is 769. The number of carbonyl (C=O) groups excluding carboxylic acids is 3. The number of halogens is 1. The van der Waals surface area contributed by atoms with E-state index in [1.54, 1.807) is 20.8 Å². The Balaban J connectivity index is 2.06. The van der Waals surface area contributed by atoms with Gasteiger partial charge in [0.2, 0.25) is 0 Å². The number of Topliss-reactive ketones (excluding diaryl/α,β-unsaturated/α-hetero) is 2. The molecule has 0 unspecified atom stereocenters. The summed E-state index contributed by atoms with van der Waals surface area (Å²) in [5, 5.41) is 2.53. The Kier molecular flexibility index (Phi) is 4.97. The summed E-state index contributed by atoms with van der Waals surface area (Å²) in [6.07, 6.45) is 1.19. The fourth-order valence-corrected chi connectivity index (χ4v) is 2.00. The summed E-state index contributed by atoms with van der Waals surface area (Å²) in [5.74, 6) is -2.51. The Morgan fingerprint density at radius 3 is 2.33 bits per heavy atom. The van der Waals surface area contributed by atoms with Crippen molar-refractivity contribution >= 4 is 17.5 Å². The largest absolute Gasteiger partial charge is 0.460 e. The van der Waals surface area contributed by atoms with Gasteiger partial charge in [0, 0.05) is 12.0 Å². The smallest absolute Gasteiger partial charge is 0.296 e. The van der Waals surface area contributed by atoms with Crippen LogP contribution in [0.15, 0.2) is 41.0 Å². The van der Waals surface area contributed by atoms with Gasteiger partial charge in [-0.2, -0.15) is 0 Å². The zero-order valence-electron chi connectivity index (χ0n) is 13.7. The Hall–Kier alpha value is -2.76. The van der Waals surface area contributed by atoms with Gasteiger partial charge >= 0.3 is 0 Å². The van der Waals surface area contributed by atoms with Crippen LogP contribution in [0, 0.1) is 5.82 Å². The zero-order chi connectivity index (χ0) is 17.9. The van der Waals surface area contributed by atoms with Crippen molar-refractivity contribution in [2.45, 2.75) is 32.7 Å². The first-order valence-electron chi connectivity index (χ1n) is 7.39. The van der Waals surface area contributed by atoms with Gasteiger partial charge in [-0.1, -0.05) is 12.1 Å². The van der Waals surface area contributed by atoms with E-state index in [2.05, 4.69) is 5.32 Å². The number of carbonyl (C=O) groups is 3. The maximum atomic E-state index is 12.9. The minimum atomic E-state index is -0.842. The normalized spacial score (nSPS) is 11.2. The average Bonchev–Trinajstić information content (AvgIpc) is 2.97. The second-order valence-electron chi connectivity index (χ2n) is 6.46. The van der Waals surface area contributed by atoms with Gasteiger partial charge in [0.25, 0.3) is 11.7 Å². The van der Waals surface area contributed by atoms with E-state index in [1.165, 1.54) is 30.3 Å². The van der Waals surface area contributed by atoms with Crippen LogP contribution in [0.1, 0.15) is 47.2 Å². The third kappa shape index (κ3) is 4.62. The molecule has 0 radical (unpaired) electrons. The highest BCUT2D eigenvalue weighted by Crippen LogP contribution is 2.13.